The van der Waals surface area contributed by atoms with E-state index in [-0.39, 0.29) is 0 Å². The third kappa shape index (κ3) is 2.50. The zero-order valence-electron chi connectivity index (χ0n) is 7.90. The smallest absolute Gasteiger partial charge is 0.145 e. The Kier molecular flexibility index (Phi) is 3.03. The molecule has 3 nitrogen and oxygen atoms in total. The molecule has 0 bridgehead atoms. The van der Waals surface area contributed by atoms with Gasteiger partial charge in [0.25, 0.3) is 0 Å². The third-order valence-electron chi connectivity index (χ3n) is 1.96. The topological polar surface area (TPSA) is 30.5 Å². The second-order valence-corrected chi connectivity index (χ2v) is 3.01. The van der Waals surface area contributed by atoms with Gasteiger partial charge in [0.2, 0.25) is 0 Å². The van der Waals surface area contributed by atoms with Crippen LogP contribution >= 0.6 is 0 Å². The molecule has 3 heteroatoms. The first-order valence-corrected chi connectivity index (χ1v) is 4.65. The van der Waals surface area contributed by atoms with Crippen LogP contribution in [-0.4, -0.2) is 19.9 Å². The van der Waals surface area contributed by atoms with Gasteiger partial charge in [0.15, 0.2) is 0 Å². The summed E-state index contributed by atoms with van der Waals surface area (Å²) in [6, 6.07) is 9.73. The lowest BCUT2D eigenvalue weighted by molar-refractivity contribution is 0.142. The van der Waals surface area contributed by atoms with Crippen LogP contribution in [0.4, 0.5) is 0 Å². The average Bonchev–Trinajstić information content (AvgIpc) is 2.29. The first-order chi connectivity index (χ1) is 6.95. The van der Waals surface area contributed by atoms with Crippen LogP contribution in [0.15, 0.2) is 42.2 Å². The van der Waals surface area contributed by atoms with Crippen LogP contribution in [0.25, 0.3) is 0 Å². The second-order valence-electron chi connectivity index (χ2n) is 3.01. The molecule has 14 heavy (non-hydrogen) atoms. The van der Waals surface area contributed by atoms with Crippen molar-refractivity contribution in [2.45, 2.75) is 0 Å². The normalized spacial score (nSPS) is 15.6. The maximum atomic E-state index is 5.52. The summed E-state index contributed by atoms with van der Waals surface area (Å²) in [6.45, 7) is 1.93. The number of hydrogen-bond acceptors (Lipinski definition) is 3. The molecular weight excluding hydrogens is 178 g/mol. The van der Waals surface area contributed by atoms with E-state index in [1.54, 1.807) is 0 Å². The summed E-state index contributed by atoms with van der Waals surface area (Å²) < 4.78 is 10.8. The highest BCUT2D eigenvalue weighted by Gasteiger charge is 2.03. The quantitative estimate of drug-likeness (QED) is 0.785. The number of ether oxygens (including phenoxy) is 2. The second kappa shape index (κ2) is 4.67. The number of benzene rings is 1. The van der Waals surface area contributed by atoms with Crippen LogP contribution in [0.3, 0.4) is 0 Å². The van der Waals surface area contributed by atoms with Gasteiger partial charge in [-0.1, -0.05) is 18.2 Å². The molecule has 0 aromatic heterocycles. The Morgan fingerprint density at radius 2 is 2.14 bits per heavy atom. The van der Waals surface area contributed by atoms with E-state index in [4.69, 9.17) is 9.47 Å². The summed E-state index contributed by atoms with van der Waals surface area (Å²) >= 11 is 0. The van der Waals surface area contributed by atoms with Crippen molar-refractivity contribution in [2.75, 3.05) is 19.9 Å². The Balaban J connectivity index is 1.85. The lowest BCUT2D eigenvalue weighted by Gasteiger charge is -2.16. The van der Waals surface area contributed by atoms with Gasteiger partial charge in [0.1, 0.15) is 24.8 Å². The first kappa shape index (κ1) is 9.09. The highest BCUT2D eigenvalue weighted by molar-refractivity contribution is 5.21. The number of hydrogen-bond donors (Lipinski definition) is 1. The molecule has 0 amide bonds. The fraction of sp³-hybridized carbons (Fsp3) is 0.273. The molecule has 0 spiro atoms. The maximum absolute atomic E-state index is 5.52. The van der Waals surface area contributed by atoms with E-state index in [0.29, 0.717) is 13.3 Å². The van der Waals surface area contributed by atoms with Gasteiger partial charge >= 0.3 is 0 Å². The minimum Gasteiger partial charge on any atom is -0.486 e. The summed E-state index contributed by atoms with van der Waals surface area (Å²) in [4.78, 5) is 0. The minimum atomic E-state index is 0.506. The van der Waals surface area contributed by atoms with Crippen molar-refractivity contribution in [3.63, 3.8) is 0 Å². The Morgan fingerprint density at radius 3 is 2.86 bits per heavy atom. The summed E-state index contributed by atoms with van der Waals surface area (Å²) in [5, 5.41) is 3.06. The predicted octanol–water partition coefficient (Wildman–Crippen LogP) is 1.53. The SMILES string of the molecule is C1=C(COc2ccccc2)OCNC1. The molecule has 0 fully saturated rings. The third-order valence-corrected chi connectivity index (χ3v) is 1.96. The number of rotatable bonds is 3. The van der Waals surface area contributed by atoms with Crippen molar-refractivity contribution in [1.29, 1.82) is 0 Å². The fourth-order valence-electron chi connectivity index (χ4n) is 1.22. The molecule has 2 rings (SSSR count). The van der Waals surface area contributed by atoms with E-state index in [9.17, 15) is 0 Å². The molecule has 0 saturated heterocycles. The average molecular weight is 191 g/mol. The molecule has 1 heterocycles. The molecule has 1 aromatic rings. The summed E-state index contributed by atoms with van der Waals surface area (Å²) in [6.07, 6.45) is 1.99. The zero-order chi connectivity index (χ0) is 9.64. The molecule has 1 aliphatic rings. The molecule has 0 atom stereocenters. The highest BCUT2D eigenvalue weighted by atomic mass is 16.5. The van der Waals surface area contributed by atoms with Crippen molar-refractivity contribution in [1.82, 2.24) is 5.32 Å². The highest BCUT2D eigenvalue weighted by Crippen LogP contribution is 2.10. The standard InChI is InChI=1S/C11H13NO2/c1-2-4-10(5-3-1)13-8-11-6-7-12-9-14-11/h1-6,12H,7-9H2. The van der Waals surface area contributed by atoms with E-state index in [1.165, 1.54) is 0 Å². The van der Waals surface area contributed by atoms with Crippen LogP contribution in [0, 0.1) is 0 Å². The van der Waals surface area contributed by atoms with Crippen LogP contribution < -0.4 is 10.1 Å². The molecule has 1 N–H and O–H groups in total. The van der Waals surface area contributed by atoms with Crippen LogP contribution in [-0.2, 0) is 4.74 Å². The molecule has 1 aliphatic heterocycles. The van der Waals surface area contributed by atoms with Crippen molar-refractivity contribution in [3.8, 4) is 5.75 Å². The Morgan fingerprint density at radius 1 is 1.29 bits per heavy atom. The van der Waals surface area contributed by atoms with Gasteiger partial charge in [-0.3, -0.25) is 5.32 Å². The van der Waals surface area contributed by atoms with E-state index in [0.717, 1.165) is 18.1 Å². The summed E-state index contributed by atoms with van der Waals surface area (Å²) in [5.41, 5.74) is 0. The van der Waals surface area contributed by atoms with Gasteiger partial charge in [0.05, 0.1) is 0 Å². The van der Waals surface area contributed by atoms with Gasteiger partial charge in [0, 0.05) is 6.54 Å². The summed E-state index contributed by atoms with van der Waals surface area (Å²) in [5.74, 6) is 1.77. The molecule has 0 aliphatic carbocycles. The molecule has 0 unspecified atom stereocenters. The van der Waals surface area contributed by atoms with Gasteiger partial charge in [-0.15, -0.1) is 0 Å². The molecule has 1 aromatic carbocycles. The Hall–Kier alpha value is -1.48. The fourth-order valence-corrected chi connectivity index (χ4v) is 1.22. The zero-order valence-corrected chi connectivity index (χ0v) is 7.90. The molecule has 0 saturated carbocycles. The molecule has 74 valence electrons. The largest absolute Gasteiger partial charge is 0.486 e. The van der Waals surface area contributed by atoms with Crippen molar-refractivity contribution < 1.29 is 9.47 Å². The van der Waals surface area contributed by atoms with Crippen molar-refractivity contribution in [2.24, 2.45) is 0 Å². The lowest BCUT2D eigenvalue weighted by atomic mass is 10.3. The maximum Gasteiger partial charge on any atom is 0.145 e. The number of para-hydroxylation sites is 1. The predicted molar refractivity (Wildman–Crippen MR) is 54.0 cm³/mol. The lowest BCUT2D eigenvalue weighted by Crippen LogP contribution is -2.24. The van der Waals surface area contributed by atoms with Crippen molar-refractivity contribution in [3.05, 3.63) is 42.2 Å². The van der Waals surface area contributed by atoms with Crippen LogP contribution in [0.1, 0.15) is 0 Å². The van der Waals surface area contributed by atoms with Gasteiger partial charge in [-0.2, -0.15) is 0 Å². The van der Waals surface area contributed by atoms with E-state index in [2.05, 4.69) is 5.32 Å². The number of nitrogens with one attached hydrogen (secondary N) is 1. The van der Waals surface area contributed by atoms with E-state index in [1.807, 2.05) is 36.4 Å². The minimum absolute atomic E-state index is 0.506. The van der Waals surface area contributed by atoms with E-state index < -0.39 is 0 Å². The Labute approximate surface area is 83.3 Å². The molecular formula is C11H13NO2. The molecule has 0 radical (unpaired) electrons. The van der Waals surface area contributed by atoms with Crippen molar-refractivity contribution >= 4 is 0 Å². The van der Waals surface area contributed by atoms with Crippen LogP contribution in [0.2, 0.25) is 0 Å². The van der Waals surface area contributed by atoms with Gasteiger partial charge in [-0.25, -0.2) is 0 Å². The Bertz CT molecular complexity index is 308. The van der Waals surface area contributed by atoms with Gasteiger partial charge in [-0.05, 0) is 18.2 Å². The van der Waals surface area contributed by atoms with Gasteiger partial charge < -0.3 is 9.47 Å². The first-order valence-electron chi connectivity index (χ1n) is 4.65. The monoisotopic (exact) mass is 191 g/mol. The van der Waals surface area contributed by atoms with Crippen LogP contribution in [0.5, 0.6) is 5.75 Å². The van der Waals surface area contributed by atoms with E-state index >= 15 is 0 Å². The summed E-state index contributed by atoms with van der Waals surface area (Å²) in [7, 11) is 0.